The van der Waals surface area contributed by atoms with Gasteiger partial charge in [0, 0.05) is 5.54 Å². The van der Waals surface area contributed by atoms with Gasteiger partial charge >= 0.3 is 0 Å². The first kappa shape index (κ1) is 13.7. The van der Waals surface area contributed by atoms with Gasteiger partial charge in [-0.25, -0.2) is 4.98 Å². The van der Waals surface area contributed by atoms with Gasteiger partial charge in [-0.2, -0.15) is 0 Å². The van der Waals surface area contributed by atoms with E-state index < -0.39 is 0 Å². The molecule has 1 fully saturated rings. The zero-order valence-corrected chi connectivity index (χ0v) is 12.9. The molecule has 3 rings (SSSR count). The van der Waals surface area contributed by atoms with E-state index in [1.165, 1.54) is 25.7 Å². The second kappa shape index (κ2) is 5.28. The van der Waals surface area contributed by atoms with Gasteiger partial charge < -0.3 is 9.30 Å². The molecule has 0 unspecified atom stereocenters. The summed E-state index contributed by atoms with van der Waals surface area (Å²) in [5.74, 6) is 2.26. The molecule has 0 aliphatic heterocycles. The summed E-state index contributed by atoms with van der Waals surface area (Å²) in [5, 5.41) is 0. The summed E-state index contributed by atoms with van der Waals surface area (Å²) in [5.41, 5.74) is 2.23. The van der Waals surface area contributed by atoms with Crippen LogP contribution in [0.15, 0.2) is 18.2 Å². The molecule has 1 aromatic heterocycles. The lowest BCUT2D eigenvalue weighted by Gasteiger charge is -2.28. The van der Waals surface area contributed by atoms with Gasteiger partial charge in [-0.3, -0.25) is 0 Å². The summed E-state index contributed by atoms with van der Waals surface area (Å²) in [4.78, 5) is 4.75. The first-order valence-corrected chi connectivity index (χ1v) is 7.92. The fourth-order valence-corrected chi connectivity index (χ4v) is 3.63. The van der Waals surface area contributed by atoms with Crippen LogP contribution in [0.1, 0.15) is 45.4 Å². The summed E-state index contributed by atoms with van der Waals surface area (Å²) in [7, 11) is 0. The first-order chi connectivity index (χ1) is 9.69. The van der Waals surface area contributed by atoms with Crippen LogP contribution in [0.5, 0.6) is 5.75 Å². The molecule has 1 heterocycles. The van der Waals surface area contributed by atoms with E-state index in [0.29, 0.717) is 12.5 Å². The Kier molecular flexibility index (Phi) is 3.63. The van der Waals surface area contributed by atoms with Crippen molar-refractivity contribution in [3.63, 3.8) is 0 Å². The van der Waals surface area contributed by atoms with Gasteiger partial charge in [0.25, 0.3) is 0 Å². The van der Waals surface area contributed by atoms with Crippen molar-refractivity contribution < 1.29 is 4.74 Å². The lowest BCUT2D eigenvalue weighted by Crippen LogP contribution is -2.27. The molecule has 3 nitrogen and oxygen atoms in total. The van der Waals surface area contributed by atoms with Crippen molar-refractivity contribution in [2.75, 3.05) is 6.61 Å². The van der Waals surface area contributed by atoms with E-state index >= 15 is 0 Å². The molecule has 0 N–H and O–H groups in total. The molecular weight excluding hydrogens is 272 g/mol. The highest BCUT2D eigenvalue weighted by Crippen LogP contribution is 2.40. The largest absolute Gasteiger partial charge is 0.492 e. The van der Waals surface area contributed by atoms with Gasteiger partial charge in [-0.1, -0.05) is 18.9 Å². The van der Waals surface area contributed by atoms with Crippen molar-refractivity contribution in [2.45, 2.75) is 50.9 Å². The molecule has 0 spiro atoms. The van der Waals surface area contributed by atoms with E-state index in [4.69, 9.17) is 21.3 Å². The Morgan fingerprint density at radius 2 is 2.10 bits per heavy atom. The minimum Gasteiger partial charge on any atom is -0.492 e. The highest BCUT2D eigenvalue weighted by Gasteiger charge is 2.34. The van der Waals surface area contributed by atoms with E-state index in [9.17, 15) is 0 Å². The molecule has 1 saturated carbocycles. The summed E-state index contributed by atoms with van der Waals surface area (Å²) in [6.07, 6.45) is 4.95. The molecule has 108 valence electrons. The minimum absolute atomic E-state index is 0.143. The molecule has 2 aromatic rings. The Morgan fingerprint density at radius 1 is 1.35 bits per heavy atom. The van der Waals surface area contributed by atoms with Gasteiger partial charge in [0.05, 0.1) is 18.0 Å². The highest BCUT2D eigenvalue weighted by molar-refractivity contribution is 6.16. The van der Waals surface area contributed by atoms with Gasteiger partial charge in [0.2, 0.25) is 0 Å². The summed E-state index contributed by atoms with van der Waals surface area (Å²) in [6.45, 7) is 4.97. The maximum atomic E-state index is 6.15. The van der Waals surface area contributed by atoms with Crippen LogP contribution in [0, 0.1) is 0 Å². The number of fused-ring (bicyclic) bond motifs is 1. The van der Waals surface area contributed by atoms with Crippen LogP contribution in [-0.4, -0.2) is 16.2 Å². The van der Waals surface area contributed by atoms with Crippen LogP contribution in [0.25, 0.3) is 11.0 Å². The number of para-hydroxylation sites is 1. The van der Waals surface area contributed by atoms with Crippen molar-refractivity contribution in [1.29, 1.82) is 0 Å². The van der Waals surface area contributed by atoms with Gasteiger partial charge in [0.15, 0.2) is 0 Å². The standard InChI is InChI=1S/C16H21ClN2O/c1-3-20-13-8-6-7-12-15(13)18-14(11-17)19(12)16(2)9-4-5-10-16/h6-8H,3-5,9-11H2,1-2H3. The predicted molar refractivity (Wildman–Crippen MR) is 82.6 cm³/mol. The Hall–Kier alpha value is -1.22. The third-order valence-electron chi connectivity index (χ3n) is 4.36. The van der Waals surface area contributed by atoms with Crippen LogP contribution < -0.4 is 4.74 Å². The Balaban J connectivity index is 2.22. The maximum Gasteiger partial charge on any atom is 0.147 e. The monoisotopic (exact) mass is 292 g/mol. The average molecular weight is 293 g/mol. The number of imidazole rings is 1. The quantitative estimate of drug-likeness (QED) is 0.778. The SMILES string of the molecule is CCOc1cccc2c1nc(CCl)n2C1(C)CCCC1. The van der Waals surface area contributed by atoms with E-state index in [0.717, 1.165) is 22.6 Å². The van der Waals surface area contributed by atoms with Gasteiger partial charge in [-0.15, -0.1) is 11.6 Å². The zero-order valence-electron chi connectivity index (χ0n) is 12.2. The number of nitrogens with zero attached hydrogens (tertiary/aromatic N) is 2. The molecule has 1 aliphatic rings. The lowest BCUT2D eigenvalue weighted by atomic mass is 9.99. The maximum absolute atomic E-state index is 6.15. The van der Waals surface area contributed by atoms with Crippen LogP contribution >= 0.6 is 11.6 Å². The van der Waals surface area contributed by atoms with Crippen molar-refractivity contribution in [2.24, 2.45) is 0 Å². The lowest BCUT2D eigenvalue weighted by molar-refractivity contribution is 0.331. The second-order valence-corrected chi connectivity index (χ2v) is 6.03. The molecule has 1 aliphatic carbocycles. The second-order valence-electron chi connectivity index (χ2n) is 5.76. The highest BCUT2D eigenvalue weighted by atomic mass is 35.5. The number of aromatic nitrogens is 2. The molecule has 0 radical (unpaired) electrons. The van der Waals surface area contributed by atoms with Crippen LogP contribution in [-0.2, 0) is 11.4 Å². The Morgan fingerprint density at radius 3 is 2.75 bits per heavy atom. The summed E-state index contributed by atoms with van der Waals surface area (Å²) in [6, 6.07) is 6.16. The molecule has 0 atom stereocenters. The van der Waals surface area contributed by atoms with E-state index in [2.05, 4.69) is 17.6 Å². The van der Waals surface area contributed by atoms with Crippen molar-refractivity contribution in [3.8, 4) is 5.75 Å². The van der Waals surface area contributed by atoms with E-state index in [-0.39, 0.29) is 5.54 Å². The number of rotatable bonds is 4. The van der Waals surface area contributed by atoms with Crippen molar-refractivity contribution in [3.05, 3.63) is 24.0 Å². The normalized spacial score (nSPS) is 17.8. The molecule has 0 bridgehead atoms. The molecule has 1 aromatic carbocycles. The number of alkyl halides is 1. The molecular formula is C16H21ClN2O. The molecule has 0 amide bonds. The van der Waals surface area contributed by atoms with E-state index in [1.807, 2.05) is 19.1 Å². The fraction of sp³-hybridized carbons (Fsp3) is 0.562. The van der Waals surface area contributed by atoms with Crippen molar-refractivity contribution >= 4 is 22.6 Å². The van der Waals surface area contributed by atoms with E-state index in [1.54, 1.807) is 0 Å². The zero-order chi connectivity index (χ0) is 14.2. The van der Waals surface area contributed by atoms with Crippen LogP contribution in [0.2, 0.25) is 0 Å². The predicted octanol–water partition coefficient (Wildman–Crippen LogP) is 4.46. The number of ether oxygens (including phenoxy) is 1. The third kappa shape index (κ3) is 2.08. The number of benzene rings is 1. The summed E-state index contributed by atoms with van der Waals surface area (Å²) < 4.78 is 8.06. The molecule has 4 heteroatoms. The van der Waals surface area contributed by atoms with Crippen LogP contribution in [0.3, 0.4) is 0 Å². The fourth-order valence-electron chi connectivity index (χ4n) is 3.45. The first-order valence-electron chi connectivity index (χ1n) is 7.39. The number of halogens is 1. The Bertz CT molecular complexity index is 614. The molecule has 20 heavy (non-hydrogen) atoms. The number of hydrogen-bond donors (Lipinski definition) is 0. The third-order valence-corrected chi connectivity index (χ3v) is 4.60. The number of hydrogen-bond acceptors (Lipinski definition) is 2. The van der Waals surface area contributed by atoms with Crippen molar-refractivity contribution in [1.82, 2.24) is 9.55 Å². The van der Waals surface area contributed by atoms with Gasteiger partial charge in [-0.05, 0) is 38.8 Å². The summed E-state index contributed by atoms with van der Waals surface area (Å²) >= 11 is 6.15. The Labute approximate surface area is 124 Å². The minimum atomic E-state index is 0.143. The molecule has 0 saturated heterocycles. The van der Waals surface area contributed by atoms with Gasteiger partial charge in [0.1, 0.15) is 17.1 Å². The smallest absolute Gasteiger partial charge is 0.147 e. The topological polar surface area (TPSA) is 27.1 Å². The average Bonchev–Trinajstić information content (AvgIpc) is 3.03. The van der Waals surface area contributed by atoms with Crippen LogP contribution in [0.4, 0.5) is 0 Å².